The van der Waals surface area contributed by atoms with Gasteiger partial charge >= 0.3 is 0 Å². The number of halogens is 1. The summed E-state index contributed by atoms with van der Waals surface area (Å²) in [5.74, 6) is 0.448. The van der Waals surface area contributed by atoms with Crippen molar-refractivity contribution < 1.29 is 4.79 Å². The summed E-state index contributed by atoms with van der Waals surface area (Å²) in [6, 6.07) is 7.84. The monoisotopic (exact) mass is 390 g/mol. The van der Waals surface area contributed by atoms with Crippen molar-refractivity contribution in [3.05, 3.63) is 45.7 Å². The molecule has 5 nitrogen and oxygen atoms in total. The molecule has 3 rings (SSSR count). The third-order valence-corrected chi connectivity index (χ3v) is 5.83. The average molecular weight is 391 g/mol. The average Bonchev–Trinajstić information content (AvgIpc) is 2.84. The molecule has 6 heteroatoms. The Morgan fingerprint density at radius 1 is 1.33 bits per heavy atom. The molecule has 0 saturated carbocycles. The van der Waals surface area contributed by atoms with Crippen LogP contribution in [0, 0.1) is 19.8 Å². The standard InChI is InChI=1S/C18H23BrN4O/c1-11-10-20-9-8-16(11)21-18(24)14-4-6-15(7-5-14)23-13(3)17(19)12(2)22-23/h4-7,11,16,20H,8-10H2,1-3H3,(H,21,24). The molecule has 0 bridgehead atoms. The van der Waals surface area contributed by atoms with Gasteiger partial charge in [-0.3, -0.25) is 4.79 Å². The van der Waals surface area contributed by atoms with Crippen LogP contribution in [0.4, 0.5) is 0 Å². The second kappa shape index (κ2) is 7.07. The van der Waals surface area contributed by atoms with Crippen LogP contribution < -0.4 is 10.6 Å². The van der Waals surface area contributed by atoms with Gasteiger partial charge in [0.15, 0.2) is 0 Å². The van der Waals surface area contributed by atoms with E-state index >= 15 is 0 Å². The van der Waals surface area contributed by atoms with Crippen molar-refractivity contribution >= 4 is 21.8 Å². The third kappa shape index (κ3) is 3.39. The highest BCUT2D eigenvalue weighted by Crippen LogP contribution is 2.23. The largest absolute Gasteiger partial charge is 0.349 e. The summed E-state index contributed by atoms with van der Waals surface area (Å²) in [4.78, 5) is 12.5. The van der Waals surface area contributed by atoms with Crippen molar-refractivity contribution in [2.45, 2.75) is 33.2 Å². The van der Waals surface area contributed by atoms with E-state index in [9.17, 15) is 4.79 Å². The molecule has 1 aliphatic heterocycles. The number of hydrogen-bond donors (Lipinski definition) is 2. The maximum absolute atomic E-state index is 12.5. The summed E-state index contributed by atoms with van der Waals surface area (Å²) < 4.78 is 2.90. The molecular formula is C18H23BrN4O. The van der Waals surface area contributed by atoms with Gasteiger partial charge in [-0.15, -0.1) is 0 Å². The van der Waals surface area contributed by atoms with Crippen molar-refractivity contribution in [3.63, 3.8) is 0 Å². The number of carbonyl (C=O) groups excluding carboxylic acids is 1. The normalized spacial score (nSPS) is 20.8. The minimum atomic E-state index is -0.00477. The molecule has 1 amide bonds. The molecule has 24 heavy (non-hydrogen) atoms. The number of carbonyl (C=O) groups is 1. The fraction of sp³-hybridized carbons (Fsp3) is 0.444. The highest BCUT2D eigenvalue weighted by atomic mass is 79.9. The summed E-state index contributed by atoms with van der Waals surface area (Å²) in [6.45, 7) is 8.07. The summed E-state index contributed by atoms with van der Waals surface area (Å²) in [6.07, 6.45) is 0.977. The first-order chi connectivity index (χ1) is 11.5. The molecule has 0 spiro atoms. The number of aryl methyl sites for hydroxylation is 1. The Balaban J connectivity index is 1.74. The van der Waals surface area contributed by atoms with E-state index < -0.39 is 0 Å². The van der Waals surface area contributed by atoms with Gasteiger partial charge in [-0.1, -0.05) is 6.92 Å². The second-order valence-corrected chi connectivity index (χ2v) is 7.29. The Bertz CT molecular complexity index is 738. The fourth-order valence-electron chi connectivity index (χ4n) is 3.11. The van der Waals surface area contributed by atoms with Gasteiger partial charge in [0.2, 0.25) is 0 Å². The van der Waals surface area contributed by atoms with Gasteiger partial charge in [-0.05, 0) is 79.5 Å². The molecule has 128 valence electrons. The molecule has 0 radical (unpaired) electrons. The predicted molar refractivity (Wildman–Crippen MR) is 98.6 cm³/mol. The van der Waals surface area contributed by atoms with Crippen LogP contribution in [-0.4, -0.2) is 34.8 Å². The van der Waals surface area contributed by atoms with Crippen LogP contribution >= 0.6 is 15.9 Å². The van der Waals surface area contributed by atoms with E-state index in [0.29, 0.717) is 11.5 Å². The van der Waals surface area contributed by atoms with Crippen LogP contribution in [0.25, 0.3) is 5.69 Å². The highest BCUT2D eigenvalue weighted by Gasteiger charge is 2.23. The molecule has 1 aromatic heterocycles. The van der Waals surface area contributed by atoms with Gasteiger partial charge in [0, 0.05) is 11.6 Å². The summed E-state index contributed by atoms with van der Waals surface area (Å²) >= 11 is 3.54. The Kier molecular flexibility index (Phi) is 5.06. The summed E-state index contributed by atoms with van der Waals surface area (Å²) in [7, 11) is 0. The van der Waals surface area contributed by atoms with Crippen LogP contribution in [-0.2, 0) is 0 Å². The molecule has 1 aliphatic rings. The number of hydrogen-bond acceptors (Lipinski definition) is 3. The molecule has 2 aromatic rings. The molecule has 1 saturated heterocycles. The Hall–Kier alpha value is -1.66. The molecule has 1 fully saturated rings. The van der Waals surface area contributed by atoms with E-state index in [1.54, 1.807) is 0 Å². The van der Waals surface area contributed by atoms with E-state index in [-0.39, 0.29) is 11.9 Å². The van der Waals surface area contributed by atoms with Gasteiger partial charge < -0.3 is 10.6 Å². The van der Waals surface area contributed by atoms with Gasteiger partial charge in [0.05, 0.1) is 21.5 Å². The van der Waals surface area contributed by atoms with Gasteiger partial charge in [0.25, 0.3) is 5.91 Å². The van der Waals surface area contributed by atoms with Crippen LogP contribution in [0.5, 0.6) is 0 Å². The fourth-order valence-corrected chi connectivity index (χ4v) is 3.36. The van der Waals surface area contributed by atoms with Gasteiger partial charge in [-0.25, -0.2) is 4.68 Å². The number of amides is 1. The number of nitrogens with zero attached hydrogens (tertiary/aromatic N) is 2. The van der Waals surface area contributed by atoms with Crippen molar-refractivity contribution in [1.29, 1.82) is 0 Å². The van der Waals surface area contributed by atoms with E-state index in [4.69, 9.17) is 0 Å². The van der Waals surface area contributed by atoms with Crippen LogP contribution in [0.15, 0.2) is 28.7 Å². The van der Waals surface area contributed by atoms with Crippen molar-refractivity contribution in [3.8, 4) is 5.69 Å². The minimum Gasteiger partial charge on any atom is -0.349 e. The SMILES string of the molecule is Cc1nn(-c2ccc(C(=O)NC3CCNCC3C)cc2)c(C)c1Br. The smallest absolute Gasteiger partial charge is 0.251 e. The van der Waals surface area contributed by atoms with Crippen LogP contribution in [0.3, 0.4) is 0 Å². The Morgan fingerprint density at radius 3 is 2.62 bits per heavy atom. The van der Waals surface area contributed by atoms with Crippen molar-refractivity contribution in [2.75, 3.05) is 13.1 Å². The zero-order valence-corrected chi connectivity index (χ0v) is 15.9. The first kappa shape index (κ1) is 17.2. The molecule has 0 aliphatic carbocycles. The maximum Gasteiger partial charge on any atom is 0.251 e. The first-order valence-corrected chi connectivity index (χ1v) is 9.10. The molecular weight excluding hydrogens is 368 g/mol. The van der Waals surface area contributed by atoms with Crippen LogP contribution in [0.1, 0.15) is 35.1 Å². The zero-order valence-electron chi connectivity index (χ0n) is 14.3. The lowest BCUT2D eigenvalue weighted by atomic mass is 9.95. The quantitative estimate of drug-likeness (QED) is 0.846. The number of rotatable bonds is 3. The van der Waals surface area contributed by atoms with Crippen molar-refractivity contribution in [1.82, 2.24) is 20.4 Å². The van der Waals surface area contributed by atoms with E-state index in [2.05, 4.69) is 38.6 Å². The lowest BCUT2D eigenvalue weighted by Gasteiger charge is -2.30. The number of aromatic nitrogens is 2. The first-order valence-electron chi connectivity index (χ1n) is 8.31. The van der Waals surface area contributed by atoms with Crippen LogP contribution in [0.2, 0.25) is 0 Å². The molecule has 2 N–H and O–H groups in total. The lowest BCUT2D eigenvalue weighted by molar-refractivity contribution is 0.0914. The van der Waals surface area contributed by atoms with Crippen molar-refractivity contribution in [2.24, 2.45) is 5.92 Å². The summed E-state index contributed by atoms with van der Waals surface area (Å²) in [5, 5.41) is 11.0. The zero-order chi connectivity index (χ0) is 17.3. The topological polar surface area (TPSA) is 59.0 Å². The Labute approximate surface area is 151 Å². The number of piperidine rings is 1. The Morgan fingerprint density at radius 2 is 2.04 bits per heavy atom. The third-order valence-electron chi connectivity index (χ3n) is 4.68. The number of nitrogens with one attached hydrogen (secondary N) is 2. The molecule has 2 heterocycles. The molecule has 2 unspecified atom stereocenters. The highest BCUT2D eigenvalue weighted by molar-refractivity contribution is 9.10. The number of benzene rings is 1. The summed E-state index contributed by atoms with van der Waals surface area (Å²) in [5.41, 5.74) is 3.64. The lowest BCUT2D eigenvalue weighted by Crippen LogP contribution is -2.48. The predicted octanol–water partition coefficient (Wildman–Crippen LogP) is 2.98. The second-order valence-electron chi connectivity index (χ2n) is 6.49. The minimum absolute atomic E-state index is 0.00477. The van der Waals surface area contributed by atoms with Gasteiger partial charge in [0.1, 0.15) is 0 Å². The van der Waals surface area contributed by atoms with Gasteiger partial charge in [-0.2, -0.15) is 5.10 Å². The van der Waals surface area contributed by atoms with E-state index in [0.717, 1.165) is 41.1 Å². The van der Waals surface area contributed by atoms with E-state index in [1.165, 1.54) is 0 Å². The maximum atomic E-state index is 12.5. The molecule has 2 atom stereocenters. The molecule has 1 aromatic carbocycles. The van der Waals surface area contributed by atoms with E-state index in [1.807, 2.05) is 42.8 Å².